The predicted molar refractivity (Wildman–Crippen MR) is 108 cm³/mol. The third-order valence-electron chi connectivity index (χ3n) is 3.96. The molecule has 0 aliphatic carbocycles. The Morgan fingerprint density at radius 3 is 2.75 bits per heavy atom. The van der Waals surface area contributed by atoms with Crippen LogP contribution in [0.2, 0.25) is 0 Å². The van der Waals surface area contributed by atoms with E-state index in [2.05, 4.69) is 6.58 Å². The Morgan fingerprint density at radius 1 is 1.36 bits per heavy atom. The number of rotatable bonds is 10. The molecule has 1 amide bonds. The Kier molecular flexibility index (Phi) is 8.01. The van der Waals surface area contributed by atoms with Crippen molar-refractivity contribution in [2.45, 2.75) is 12.3 Å². The van der Waals surface area contributed by atoms with Crippen molar-refractivity contribution in [3.8, 4) is 5.75 Å². The van der Waals surface area contributed by atoms with Gasteiger partial charge in [-0.05, 0) is 17.7 Å². The van der Waals surface area contributed by atoms with Gasteiger partial charge in [0.25, 0.3) is 0 Å². The highest BCUT2D eigenvalue weighted by Crippen LogP contribution is 2.29. The Balaban J connectivity index is 1.97. The van der Waals surface area contributed by atoms with Crippen molar-refractivity contribution in [1.82, 2.24) is 4.90 Å². The summed E-state index contributed by atoms with van der Waals surface area (Å²) in [7, 11) is 1.37. The second-order valence-corrected chi connectivity index (χ2v) is 6.90. The van der Waals surface area contributed by atoms with Crippen LogP contribution in [0.25, 0.3) is 0 Å². The molecule has 0 fully saturated rings. The van der Waals surface area contributed by atoms with E-state index in [-0.39, 0.29) is 35.5 Å². The molecule has 0 aromatic heterocycles. The van der Waals surface area contributed by atoms with Crippen LogP contribution in [0.5, 0.6) is 5.75 Å². The molecule has 0 saturated carbocycles. The number of hydrogen-bond donors (Lipinski definition) is 0. The fourth-order valence-electron chi connectivity index (χ4n) is 2.56. The third kappa shape index (κ3) is 5.82. The number of hydrogen-bond acceptors (Lipinski definition) is 5. The summed E-state index contributed by atoms with van der Waals surface area (Å²) in [6.45, 7) is 4.11. The average Bonchev–Trinajstić information content (AvgIpc) is 2.69. The molecule has 148 valence electrons. The third-order valence-corrected chi connectivity index (χ3v) is 4.94. The number of ether oxygens (including phenoxy) is 1. The topological polar surface area (TPSA) is 72.7 Å². The van der Waals surface area contributed by atoms with Gasteiger partial charge in [-0.3, -0.25) is 14.9 Å². The van der Waals surface area contributed by atoms with Gasteiger partial charge in [0.1, 0.15) is 5.82 Å². The van der Waals surface area contributed by atoms with Gasteiger partial charge in [0.05, 0.1) is 17.8 Å². The smallest absolute Gasteiger partial charge is 0.311 e. The highest BCUT2D eigenvalue weighted by atomic mass is 32.2. The van der Waals surface area contributed by atoms with E-state index in [9.17, 15) is 19.3 Å². The molecule has 2 aromatic carbocycles. The molecular weight excluding hydrogens is 383 g/mol. The number of nitro benzene ring substituents is 1. The first kappa shape index (κ1) is 21.4. The first-order valence-electron chi connectivity index (χ1n) is 8.47. The van der Waals surface area contributed by atoms with Crippen LogP contribution < -0.4 is 4.74 Å². The van der Waals surface area contributed by atoms with Gasteiger partial charge in [-0.2, -0.15) is 0 Å². The van der Waals surface area contributed by atoms with Crippen molar-refractivity contribution in [2.24, 2.45) is 0 Å². The van der Waals surface area contributed by atoms with E-state index in [1.807, 2.05) is 0 Å². The number of nitrogens with zero attached hydrogens (tertiary/aromatic N) is 2. The molecule has 0 aliphatic heterocycles. The van der Waals surface area contributed by atoms with Crippen LogP contribution in [0, 0.1) is 15.9 Å². The average molecular weight is 404 g/mol. The Morgan fingerprint density at radius 2 is 2.11 bits per heavy atom. The Labute approximate surface area is 167 Å². The maximum atomic E-state index is 13.9. The highest BCUT2D eigenvalue weighted by Gasteiger charge is 2.17. The van der Waals surface area contributed by atoms with E-state index in [0.717, 1.165) is 5.56 Å². The fourth-order valence-corrected chi connectivity index (χ4v) is 3.43. The van der Waals surface area contributed by atoms with Gasteiger partial charge in [-0.1, -0.05) is 30.3 Å². The number of nitro groups is 1. The standard InChI is InChI=1S/C20H21FN2O4S/c1-3-10-22(12-16-6-4-5-7-17(16)21)20(24)14-28-13-15-8-9-19(27-2)18(11-15)23(25)26/h3-9,11H,1,10,12-14H2,2H3. The van der Waals surface area contributed by atoms with Gasteiger partial charge in [0.2, 0.25) is 5.91 Å². The van der Waals surface area contributed by atoms with Crippen LogP contribution in [0.4, 0.5) is 10.1 Å². The lowest BCUT2D eigenvalue weighted by Crippen LogP contribution is -2.32. The van der Waals surface area contributed by atoms with Crippen LogP contribution in [0.15, 0.2) is 55.1 Å². The molecule has 8 heteroatoms. The van der Waals surface area contributed by atoms with Crippen LogP contribution >= 0.6 is 11.8 Å². The molecule has 0 radical (unpaired) electrons. The molecule has 0 atom stereocenters. The summed E-state index contributed by atoms with van der Waals surface area (Å²) in [6.07, 6.45) is 1.59. The van der Waals surface area contributed by atoms with Gasteiger partial charge in [0, 0.05) is 30.5 Å². The molecule has 6 nitrogen and oxygen atoms in total. The van der Waals surface area contributed by atoms with Crippen molar-refractivity contribution < 1.29 is 18.8 Å². The van der Waals surface area contributed by atoms with E-state index in [4.69, 9.17) is 4.74 Å². The number of methoxy groups -OCH3 is 1. The second kappa shape index (κ2) is 10.5. The van der Waals surface area contributed by atoms with E-state index in [0.29, 0.717) is 17.9 Å². The zero-order chi connectivity index (χ0) is 20.5. The van der Waals surface area contributed by atoms with E-state index < -0.39 is 4.92 Å². The van der Waals surface area contributed by atoms with Crippen LogP contribution in [-0.4, -0.2) is 35.1 Å². The summed E-state index contributed by atoms with van der Waals surface area (Å²) in [5, 5.41) is 11.1. The maximum Gasteiger partial charge on any atom is 0.311 e. The zero-order valence-corrected chi connectivity index (χ0v) is 16.3. The lowest BCUT2D eigenvalue weighted by molar-refractivity contribution is -0.385. The number of halogens is 1. The quantitative estimate of drug-likeness (QED) is 0.337. The summed E-state index contributed by atoms with van der Waals surface area (Å²) in [5.41, 5.74) is 1.04. The summed E-state index contributed by atoms with van der Waals surface area (Å²) >= 11 is 1.33. The first-order chi connectivity index (χ1) is 13.5. The van der Waals surface area contributed by atoms with Gasteiger partial charge < -0.3 is 9.64 Å². The van der Waals surface area contributed by atoms with Gasteiger partial charge >= 0.3 is 5.69 Å². The highest BCUT2D eigenvalue weighted by molar-refractivity contribution is 7.99. The minimum atomic E-state index is -0.502. The van der Waals surface area contributed by atoms with Gasteiger partial charge in [-0.25, -0.2) is 4.39 Å². The van der Waals surface area contributed by atoms with Crippen LogP contribution in [-0.2, 0) is 17.1 Å². The van der Waals surface area contributed by atoms with Gasteiger partial charge in [0.15, 0.2) is 5.75 Å². The van der Waals surface area contributed by atoms with E-state index in [1.54, 1.807) is 30.3 Å². The molecule has 2 aromatic rings. The van der Waals surface area contributed by atoms with Crippen molar-refractivity contribution >= 4 is 23.4 Å². The minimum absolute atomic E-state index is 0.111. The number of amides is 1. The molecule has 0 bridgehead atoms. The molecule has 28 heavy (non-hydrogen) atoms. The normalized spacial score (nSPS) is 10.4. The van der Waals surface area contributed by atoms with Gasteiger partial charge in [-0.15, -0.1) is 18.3 Å². The molecule has 2 rings (SSSR count). The van der Waals surface area contributed by atoms with Crippen molar-refractivity contribution in [3.63, 3.8) is 0 Å². The number of carbonyl (C=O) groups is 1. The summed E-state index contributed by atoms with van der Waals surface area (Å²) in [5.74, 6) is 0.274. The van der Waals surface area contributed by atoms with Crippen molar-refractivity contribution in [3.05, 3.63) is 82.2 Å². The molecule has 0 heterocycles. The molecule has 0 aliphatic rings. The Hall–Kier alpha value is -2.87. The fraction of sp³-hybridized carbons (Fsp3) is 0.250. The number of carbonyl (C=O) groups excluding carboxylic acids is 1. The van der Waals surface area contributed by atoms with Crippen LogP contribution in [0.3, 0.4) is 0 Å². The molecule has 0 saturated heterocycles. The minimum Gasteiger partial charge on any atom is -0.490 e. The Bertz CT molecular complexity index is 860. The monoisotopic (exact) mass is 404 g/mol. The predicted octanol–water partition coefficient (Wildman–Crippen LogP) is 4.19. The zero-order valence-electron chi connectivity index (χ0n) is 15.5. The molecule has 0 unspecified atom stereocenters. The first-order valence-corrected chi connectivity index (χ1v) is 9.62. The van der Waals surface area contributed by atoms with E-state index in [1.165, 1.54) is 42.0 Å². The maximum absolute atomic E-state index is 13.9. The molecular formula is C20H21FN2O4S. The second-order valence-electron chi connectivity index (χ2n) is 5.91. The number of benzene rings is 2. The summed E-state index contributed by atoms with van der Waals surface area (Å²) in [6, 6.07) is 11.0. The largest absolute Gasteiger partial charge is 0.490 e. The summed E-state index contributed by atoms with van der Waals surface area (Å²) in [4.78, 5) is 24.6. The lowest BCUT2D eigenvalue weighted by atomic mass is 10.2. The summed E-state index contributed by atoms with van der Waals surface area (Å²) < 4.78 is 18.8. The molecule has 0 N–H and O–H groups in total. The number of thioether (sulfide) groups is 1. The molecule has 0 spiro atoms. The van der Waals surface area contributed by atoms with Crippen LogP contribution in [0.1, 0.15) is 11.1 Å². The SMILES string of the molecule is C=CCN(Cc1ccccc1F)C(=O)CSCc1ccc(OC)c([N+](=O)[O-])c1. The van der Waals surface area contributed by atoms with Crippen molar-refractivity contribution in [2.75, 3.05) is 19.4 Å². The van der Waals surface area contributed by atoms with Crippen molar-refractivity contribution in [1.29, 1.82) is 0 Å². The van der Waals surface area contributed by atoms with E-state index >= 15 is 0 Å². The lowest BCUT2D eigenvalue weighted by Gasteiger charge is -2.21.